The standard InChI is InChI=1S/C24H26INO6/c1-6-7-21(28)32-19-12-15-16(11-17(19)25)22-14(8-9-18(15)26-13(2)27)10-20(29-3)23(30-4)24(22)31-5/h6-7,10-12,18H,8-9H2,1-5H3,(H,26,27)/b7-6+/t18-/m0/s1. The Hall–Kier alpha value is -2.75. The van der Waals surface area contributed by atoms with Crippen molar-refractivity contribution < 1.29 is 28.5 Å². The molecular weight excluding hydrogens is 525 g/mol. The summed E-state index contributed by atoms with van der Waals surface area (Å²) in [7, 11) is 4.74. The van der Waals surface area contributed by atoms with Gasteiger partial charge in [-0.05, 0) is 77.2 Å². The Morgan fingerprint density at radius 3 is 2.38 bits per heavy atom. The molecule has 1 aliphatic rings. The minimum absolute atomic E-state index is 0.139. The van der Waals surface area contributed by atoms with E-state index >= 15 is 0 Å². The van der Waals surface area contributed by atoms with Gasteiger partial charge in [-0.25, -0.2) is 4.79 Å². The average molecular weight is 551 g/mol. The van der Waals surface area contributed by atoms with Crippen molar-refractivity contribution in [2.45, 2.75) is 32.7 Å². The molecule has 0 aromatic heterocycles. The summed E-state index contributed by atoms with van der Waals surface area (Å²) < 4.78 is 23.2. The van der Waals surface area contributed by atoms with Gasteiger partial charge in [0, 0.05) is 18.6 Å². The van der Waals surface area contributed by atoms with Crippen LogP contribution in [-0.2, 0) is 16.0 Å². The number of rotatable bonds is 6. The molecule has 1 atom stereocenters. The molecule has 2 aromatic carbocycles. The highest BCUT2D eigenvalue weighted by Gasteiger charge is 2.30. The van der Waals surface area contributed by atoms with Crippen LogP contribution < -0.4 is 24.3 Å². The van der Waals surface area contributed by atoms with E-state index in [-0.39, 0.29) is 11.9 Å². The topological polar surface area (TPSA) is 83.1 Å². The monoisotopic (exact) mass is 551 g/mol. The van der Waals surface area contributed by atoms with Crippen LogP contribution in [0.1, 0.15) is 37.4 Å². The molecule has 32 heavy (non-hydrogen) atoms. The normalized spacial score (nSPS) is 14.8. The summed E-state index contributed by atoms with van der Waals surface area (Å²) in [6, 6.07) is 5.45. The first-order chi connectivity index (χ1) is 15.3. The average Bonchev–Trinajstić information content (AvgIpc) is 2.89. The lowest BCUT2D eigenvalue weighted by Crippen LogP contribution is -2.26. The van der Waals surface area contributed by atoms with Crippen molar-refractivity contribution in [1.82, 2.24) is 5.32 Å². The first-order valence-electron chi connectivity index (χ1n) is 10.1. The van der Waals surface area contributed by atoms with Gasteiger partial charge >= 0.3 is 5.97 Å². The van der Waals surface area contributed by atoms with Crippen LogP contribution in [0.25, 0.3) is 11.1 Å². The van der Waals surface area contributed by atoms with Crippen LogP contribution in [0.15, 0.2) is 30.4 Å². The number of allylic oxidation sites excluding steroid dienone is 1. The van der Waals surface area contributed by atoms with Crippen molar-refractivity contribution in [3.05, 3.63) is 45.0 Å². The third kappa shape index (κ3) is 4.69. The van der Waals surface area contributed by atoms with E-state index in [1.807, 2.05) is 18.2 Å². The van der Waals surface area contributed by atoms with Gasteiger partial charge in [0.1, 0.15) is 5.75 Å². The highest BCUT2D eigenvalue weighted by Crippen LogP contribution is 2.51. The molecule has 170 valence electrons. The molecule has 0 saturated carbocycles. The molecule has 7 nitrogen and oxygen atoms in total. The lowest BCUT2D eigenvalue weighted by molar-refractivity contribution is -0.129. The molecule has 0 saturated heterocycles. The van der Waals surface area contributed by atoms with Crippen LogP contribution in [0.2, 0.25) is 0 Å². The molecule has 0 aliphatic heterocycles. The lowest BCUT2D eigenvalue weighted by Gasteiger charge is -2.22. The zero-order valence-corrected chi connectivity index (χ0v) is 20.9. The second-order valence-corrected chi connectivity index (χ2v) is 8.42. The van der Waals surface area contributed by atoms with Crippen molar-refractivity contribution in [3.63, 3.8) is 0 Å². The van der Waals surface area contributed by atoms with E-state index in [0.29, 0.717) is 35.8 Å². The number of esters is 1. The van der Waals surface area contributed by atoms with Gasteiger partial charge in [-0.3, -0.25) is 4.79 Å². The lowest BCUT2D eigenvalue weighted by atomic mass is 9.93. The van der Waals surface area contributed by atoms with E-state index < -0.39 is 5.97 Å². The highest BCUT2D eigenvalue weighted by atomic mass is 127. The number of carbonyl (C=O) groups excluding carboxylic acids is 2. The Kier molecular flexibility index (Phi) is 7.65. The molecule has 1 N–H and O–H groups in total. The zero-order chi connectivity index (χ0) is 23.4. The fraction of sp³-hybridized carbons (Fsp3) is 0.333. The molecule has 1 amide bonds. The maximum atomic E-state index is 12.1. The number of ether oxygens (including phenoxy) is 4. The second kappa shape index (κ2) is 10.2. The van der Waals surface area contributed by atoms with Crippen LogP contribution in [0.4, 0.5) is 0 Å². The van der Waals surface area contributed by atoms with Crippen LogP contribution >= 0.6 is 22.6 Å². The van der Waals surface area contributed by atoms with Crippen molar-refractivity contribution in [3.8, 4) is 34.1 Å². The van der Waals surface area contributed by atoms with E-state index in [1.165, 1.54) is 13.0 Å². The molecule has 0 radical (unpaired) electrons. The third-order valence-corrected chi connectivity index (χ3v) is 6.10. The number of halogens is 1. The SMILES string of the molecule is C/C=C/C(=O)Oc1cc2c(cc1I)-c1c(cc(OC)c(OC)c1OC)CC[C@@H]2NC(C)=O. The van der Waals surface area contributed by atoms with Gasteiger partial charge in [-0.2, -0.15) is 0 Å². The molecule has 2 aromatic rings. The van der Waals surface area contributed by atoms with Crippen molar-refractivity contribution in [2.75, 3.05) is 21.3 Å². The van der Waals surface area contributed by atoms with Gasteiger partial charge in [0.2, 0.25) is 11.7 Å². The fourth-order valence-electron chi connectivity index (χ4n) is 3.98. The smallest absolute Gasteiger partial charge is 0.335 e. The van der Waals surface area contributed by atoms with E-state index in [2.05, 4.69) is 27.9 Å². The predicted molar refractivity (Wildman–Crippen MR) is 130 cm³/mol. The van der Waals surface area contributed by atoms with Crippen LogP contribution in [0, 0.1) is 3.57 Å². The Balaban J connectivity index is 2.30. The van der Waals surface area contributed by atoms with E-state index in [9.17, 15) is 9.59 Å². The van der Waals surface area contributed by atoms with Gasteiger partial charge in [0.15, 0.2) is 11.5 Å². The van der Waals surface area contributed by atoms with Crippen LogP contribution in [0.3, 0.4) is 0 Å². The van der Waals surface area contributed by atoms with Crippen LogP contribution in [-0.4, -0.2) is 33.2 Å². The summed E-state index contributed by atoms with van der Waals surface area (Å²) in [5.41, 5.74) is 3.61. The highest BCUT2D eigenvalue weighted by molar-refractivity contribution is 14.1. The molecule has 0 fully saturated rings. The van der Waals surface area contributed by atoms with E-state index in [1.54, 1.807) is 34.3 Å². The van der Waals surface area contributed by atoms with Gasteiger partial charge < -0.3 is 24.3 Å². The fourth-order valence-corrected chi connectivity index (χ4v) is 4.56. The Bertz CT molecular complexity index is 1080. The number of benzene rings is 2. The number of aryl methyl sites for hydroxylation is 1. The summed E-state index contributed by atoms with van der Waals surface area (Å²) in [6.45, 7) is 3.24. The summed E-state index contributed by atoms with van der Waals surface area (Å²) in [5.74, 6) is 1.47. The Labute approximate surface area is 201 Å². The number of hydrogen-bond donors (Lipinski definition) is 1. The summed E-state index contributed by atoms with van der Waals surface area (Å²) >= 11 is 2.14. The minimum Gasteiger partial charge on any atom is -0.493 e. The quantitative estimate of drug-likeness (QED) is 0.245. The molecule has 3 rings (SSSR count). The molecule has 1 aliphatic carbocycles. The maximum absolute atomic E-state index is 12.1. The first kappa shape index (κ1) is 23.9. The number of amides is 1. The number of hydrogen-bond acceptors (Lipinski definition) is 6. The van der Waals surface area contributed by atoms with Crippen molar-refractivity contribution in [2.24, 2.45) is 0 Å². The number of fused-ring (bicyclic) bond motifs is 3. The Morgan fingerprint density at radius 1 is 1.06 bits per heavy atom. The number of nitrogens with one attached hydrogen (secondary N) is 1. The second-order valence-electron chi connectivity index (χ2n) is 7.26. The molecular formula is C24H26INO6. The maximum Gasteiger partial charge on any atom is 0.335 e. The molecule has 0 bridgehead atoms. The summed E-state index contributed by atoms with van der Waals surface area (Å²) in [6.07, 6.45) is 4.32. The van der Waals surface area contributed by atoms with Gasteiger partial charge in [0.05, 0.1) is 30.9 Å². The minimum atomic E-state index is -0.459. The number of carbonyl (C=O) groups is 2. The first-order valence-corrected chi connectivity index (χ1v) is 11.2. The zero-order valence-electron chi connectivity index (χ0n) is 18.7. The van der Waals surface area contributed by atoms with Crippen molar-refractivity contribution in [1.29, 1.82) is 0 Å². The number of methoxy groups -OCH3 is 3. The molecule has 0 unspecified atom stereocenters. The van der Waals surface area contributed by atoms with Gasteiger partial charge in [-0.1, -0.05) is 6.08 Å². The third-order valence-electron chi connectivity index (χ3n) is 5.25. The predicted octanol–water partition coefficient (Wildman–Crippen LogP) is 4.59. The summed E-state index contributed by atoms with van der Waals surface area (Å²) in [5, 5.41) is 3.03. The van der Waals surface area contributed by atoms with Crippen LogP contribution in [0.5, 0.6) is 23.0 Å². The van der Waals surface area contributed by atoms with Gasteiger partial charge in [-0.15, -0.1) is 0 Å². The van der Waals surface area contributed by atoms with Crippen molar-refractivity contribution >= 4 is 34.5 Å². The van der Waals surface area contributed by atoms with E-state index in [4.69, 9.17) is 18.9 Å². The van der Waals surface area contributed by atoms with E-state index in [0.717, 1.165) is 25.8 Å². The van der Waals surface area contributed by atoms with Gasteiger partial charge in [0.25, 0.3) is 0 Å². The Morgan fingerprint density at radius 2 is 1.78 bits per heavy atom. The summed E-state index contributed by atoms with van der Waals surface area (Å²) in [4.78, 5) is 24.1. The molecule has 0 heterocycles. The molecule has 0 spiro atoms. The molecule has 8 heteroatoms. The largest absolute Gasteiger partial charge is 0.493 e.